The maximum absolute atomic E-state index is 3.84. The first-order valence-electron chi connectivity index (χ1n) is 9.33. The molecule has 3 nitrogen and oxygen atoms in total. The van der Waals surface area contributed by atoms with Gasteiger partial charge in [0.2, 0.25) is 0 Å². The van der Waals surface area contributed by atoms with E-state index in [0.29, 0.717) is 0 Å². The summed E-state index contributed by atoms with van der Waals surface area (Å²) in [4.78, 5) is 5.18. The summed E-state index contributed by atoms with van der Waals surface area (Å²) >= 11 is 0. The van der Waals surface area contributed by atoms with Crippen molar-refractivity contribution in [3.63, 3.8) is 0 Å². The average Bonchev–Trinajstić information content (AvgIpc) is 2.70. The van der Waals surface area contributed by atoms with E-state index in [2.05, 4.69) is 36.1 Å². The van der Waals surface area contributed by atoms with Crippen molar-refractivity contribution in [2.45, 2.75) is 70.4 Å². The van der Waals surface area contributed by atoms with Crippen molar-refractivity contribution < 1.29 is 0 Å². The Hall–Kier alpha value is -0.120. The van der Waals surface area contributed by atoms with Crippen LogP contribution in [0.25, 0.3) is 0 Å². The Labute approximate surface area is 132 Å². The molecule has 1 aliphatic carbocycles. The molecular formula is C18H37N3. The highest BCUT2D eigenvalue weighted by atomic mass is 15.2. The zero-order chi connectivity index (χ0) is 15.1. The molecule has 1 aliphatic heterocycles. The molecule has 21 heavy (non-hydrogen) atoms. The average molecular weight is 296 g/mol. The summed E-state index contributed by atoms with van der Waals surface area (Å²) in [6.45, 7) is 7.31. The lowest BCUT2D eigenvalue weighted by Crippen LogP contribution is -2.49. The van der Waals surface area contributed by atoms with Gasteiger partial charge in [0.1, 0.15) is 0 Å². The van der Waals surface area contributed by atoms with Gasteiger partial charge in [0.15, 0.2) is 0 Å². The third-order valence-corrected chi connectivity index (χ3v) is 5.56. The lowest BCUT2D eigenvalue weighted by molar-refractivity contribution is 0.110. The van der Waals surface area contributed by atoms with E-state index in [0.717, 1.165) is 18.0 Å². The van der Waals surface area contributed by atoms with Gasteiger partial charge in [0.25, 0.3) is 0 Å². The summed E-state index contributed by atoms with van der Waals surface area (Å²) in [6, 6.07) is 1.54. The largest absolute Gasteiger partial charge is 0.314 e. The van der Waals surface area contributed by atoms with Gasteiger partial charge in [-0.3, -0.25) is 0 Å². The standard InChI is InChI=1S/C18H37N3/c1-4-12-19-18-11-7-5-6-9-16(18)14-21(3)17-10-8-13-20(2)15-17/h16-19H,4-15H2,1-3H3. The first-order valence-corrected chi connectivity index (χ1v) is 9.33. The molecule has 0 spiro atoms. The van der Waals surface area contributed by atoms with Crippen molar-refractivity contribution in [2.24, 2.45) is 5.92 Å². The SMILES string of the molecule is CCCNC1CCCCCC1CN(C)C1CCCN(C)C1. The van der Waals surface area contributed by atoms with Crippen molar-refractivity contribution >= 4 is 0 Å². The molecule has 2 fully saturated rings. The van der Waals surface area contributed by atoms with Gasteiger partial charge in [0.05, 0.1) is 0 Å². The van der Waals surface area contributed by atoms with Gasteiger partial charge >= 0.3 is 0 Å². The molecule has 1 saturated heterocycles. The number of likely N-dealkylation sites (tertiary alicyclic amines) is 1. The molecule has 3 unspecified atom stereocenters. The maximum atomic E-state index is 3.84. The Morgan fingerprint density at radius 2 is 1.90 bits per heavy atom. The van der Waals surface area contributed by atoms with E-state index in [1.165, 1.54) is 77.5 Å². The summed E-state index contributed by atoms with van der Waals surface area (Å²) in [5.41, 5.74) is 0. The van der Waals surface area contributed by atoms with Crippen LogP contribution in [0.4, 0.5) is 0 Å². The van der Waals surface area contributed by atoms with Crippen LogP contribution in [0.3, 0.4) is 0 Å². The van der Waals surface area contributed by atoms with E-state index in [1.54, 1.807) is 0 Å². The molecule has 0 amide bonds. The van der Waals surface area contributed by atoms with E-state index < -0.39 is 0 Å². The highest BCUT2D eigenvalue weighted by molar-refractivity contribution is 4.85. The molecule has 0 bridgehead atoms. The molecule has 0 aromatic heterocycles. The normalized spacial score (nSPS) is 32.3. The first-order chi connectivity index (χ1) is 10.2. The number of nitrogens with zero attached hydrogens (tertiary/aromatic N) is 2. The van der Waals surface area contributed by atoms with Crippen LogP contribution in [-0.4, -0.2) is 62.2 Å². The highest BCUT2D eigenvalue weighted by Crippen LogP contribution is 2.25. The minimum atomic E-state index is 0.760. The van der Waals surface area contributed by atoms with Crippen LogP contribution in [0.2, 0.25) is 0 Å². The van der Waals surface area contributed by atoms with Gasteiger partial charge in [-0.1, -0.05) is 26.2 Å². The number of nitrogens with one attached hydrogen (secondary N) is 1. The Morgan fingerprint density at radius 1 is 1.10 bits per heavy atom. The lowest BCUT2D eigenvalue weighted by atomic mass is 9.92. The Balaban J connectivity index is 1.87. The van der Waals surface area contributed by atoms with Gasteiger partial charge in [-0.15, -0.1) is 0 Å². The molecule has 3 atom stereocenters. The topological polar surface area (TPSA) is 18.5 Å². The molecular weight excluding hydrogens is 258 g/mol. The van der Waals surface area contributed by atoms with Gasteiger partial charge < -0.3 is 15.1 Å². The van der Waals surface area contributed by atoms with Gasteiger partial charge in [-0.2, -0.15) is 0 Å². The number of piperidine rings is 1. The number of hydrogen-bond acceptors (Lipinski definition) is 3. The second kappa shape index (κ2) is 9.12. The van der Waals surface area contributed by atoms with Gasteiger partial charge in [-0.25, -0.2) is 0 Å². The molecule has 124 valence electrons. The lowest BCUT2D eigenvalue weighted by Gasteiger charge is -2.39. The summed E-state index contributed by atoms with van der Waals surface area (Å²) in [5.74, 6) is 0.858. The van der Waals surface area contributed by atoms with Crippen molar-refractivity contribution in [3.05, 3.63) is 0 Å². The fraction of sp³-hybridized carbons (Fsp3) is 1.00. The number of hydrogen-bond donors (Lipinski definition) is 1. The van der Waals surface area contributed by atoms with Crippen LogP contribution < -0.4 is 5.32 Å². The van der Waals surface area contributed by atoms with Gasteiger partial charge in [-0.05, 0) is 65.2 Å². The molecule has 2 aliphatic rings. The summed E-state index contributed by atoms with van der Waals surface area (Å²) < 4.78 is 0. The Bertz CT molecular complexity index is 282. The third-order valence-electron chi connectivity index (χ3n) is 5.56. The summed E-state index contributed by atoms with van der Waals surface area (Å²) in [6.07, 6.45) is 11.1. The number of rotatable bonds is 6. The molecule has 0 aromatic carbocycles. The van der Waals surface area contributed by atoms with Crippen LogP contribution in [-0.2, 0) is 0 Å². The molecule has 3 heteroatoms. The molecule has 0 radical (unpaired) electrons. The zero-order valence-electron chi connectivity index (χ0n) is 14.6. The summed E-state index contributed by atoms with van der Waals surface area (Å²) in [7, 11) is 4.64. The predicted molar refractivity (Wildman–Crippen MR) is 91.8 cm³/mol. The van der Waals surface area contributed by atoms with Crippen molar-refractivity contribution in [1.82, 2.24) is 15.1 Å². The third kappa shape index (κ3) is 5.54. The van der Waals surface area contributed by atoms with Crippen LogP contribution in [0.15, 0.2) is 0 Å². The van der Waals surface area contributed by atoms with E-state index in [9.17, 15) is 0 Å². The van der Waals surface area contributed by atoms with Crippen molar-refractivity contribution in [1.29, 1.82) is 0 Å². The Morgan fingerprint density at radius 3 is 2.67 bits per heavy atom. The Kier molecular flexibility index (Phi) is 7.48. The van der Waals surface area contributed by atoms with Crippen LogP contribution >= 0.6 is 0 Å². The molecule has 1 saturated carbocycles. The van der Waals surface area contributed by atoms with Crippen molar-refractivity contribution in [3.8, 4) is 0 Å². The second-order valence-corrected chi connectivity index (χ2v) is 7.46. The van der Waals surface area contributed by atoms with Crippen molar-refractivity contribution in [2.75, 3.05) is 40.3 Å². The predicted octanol–water partition coefficient (Wildman–Crippen LogP) is 2.96. The smallest absolute Gasteiger partial charge is 0.0220 e. The maximum Gasteiger partial charge on any atom is 0.0220 e. The zero-order valence-corrected chi connectivity index (χ0v) is 14.6. The van der Waals surface area contributed by atoms with Crippen LogP contribution in [0.5, 0.6) is 0 Å². The molecule has 1 heterocycles. The minimum absolute atomic E-state index is 0.760. The van der Waals surface area contributed by atoms with E-state index in [4.69, 9.17) is 0 Å². The second-order valence-electron chi connectivity index (χ2n) is 7.46. The molecule has 2 rings (SSSR count). The fourth-order valence-electron chi connectivity index (χ4n) is 4.22. The number of likely N-dealkylation sites (N-methyl/N-ethyl adjacent to an activating group) is 2. The van der Waals surface area contributed by atoms with E-state index in [1.807, 2.05) is 0 Å². The molecule has 1 N–H and O–H groups in total. The highest BCUT2D eigenvalue weighted by Gasteiger charge is 2.28. The quantitative estimate of drug-likeness (QED) is 0.760. The minimum Gasteiger partial charge on any atom is -0.314 e. The van der Waals surface area contributed by atoms with E-state index in [-0.39, 0.29) is 0 Å². The first kappa shape index (κ1) is 17.2. The van der Waals surface area contributed by atoms with E-state index >= 15 is 0 Å². The fourth-order valence-corrected chi connectivity index (χ4v) is 4.22. The monoisotopic (exact) mass is 295 g/mol. The van der Waals surface area contributed by atoms with Gasteiger partial charge in [0, 0.05) is 25.2 Å². The van der Waals surface area contributed by atoms with Crippen LogP contribution in [0.1, 0.15) is 58.3 Å². The van der Waals surface area contributed by atoms with Crippen LogP contribution in [0, 0.1) is 5.92 Å². The molecule has 0 aromatic rings. The summed E-state index contributed by atoms with van der Waals surface area (Å²) in [5, 5.41) is 3.84.